The lowest BCUT2D eigenvalue weighted by atomic mass is 10.9. The lowest BCUT2D eigenvalue weighted by Crippen LogP contribution is -2.29. The normalized spacial score (nSPS) is 7.57. The second-order valence-electron chi connectivity index (χ2n) is 0.872. The van der Waals surface area contributed by atoms with Crippen molar-refractivity contribution < 1.29 is 9.90 Å². The molecule has 1 amide bonds. The summed E-state index contributed by atoms with van der Waals surface area (Å²) in [5.41, 5.74) is 0. The summed E-state index contributed by atoms with van der Waals surface area (Å²) in [6.45, 7) is 3.10. The van der Waals surface area contributed by atoms with E-state index in [1.165, 1.54) is 0 Å². The molecule has 0 fully saturated rings. The van der Waals surface area contributed by atoms with Gasteiger partial charge in [-0.2, -0.15) is 0 Å². The van der Waals surface area contributed by atoms with E-state index in [0.717, 1.165) is 6.20 Å². The highest BCUT2D eigenvalue weighted by atomic mass is 16.4. The predicted octanol–water partition coefficient (Wildman–Crippen LogP) is -0.0164. The number of carboxylic acid groups (broad SMARTS) is 1. The second kappa shape index (κ2) is 2.20. The van der Waals surface area contributed by atoms with Crippen LogP contribution in [0.2, 0.25) is 0 Å². The van der Waals surface area contributed by atoms with E-state index in [9.17, 15) is 4.79 Å². The first-order valence-corrected chi connectivity index (χ1v) is 1.58. The Kier molecular flexibility index (Phi) is 1.87. The van der Waals surface area contributed by atoms with Crippen LogP contribution in [0.1, 0.15) is 0 Å². The van der Waals surface area contributed by atoms with Crippen LogP contribution in [0.25, 0.3) is 0 Å². The zero-order valence-corrected chi connectivity index (χ0v) is 3.66. The van der Waals surface area contributed by atoms with Crippen LogP contribution >= 0.6 is 0 Å². The number of carbonyl (C=O) groups is 1. The Morgan fingerprint density at radius 2 is 2.43 bits per heavy atom. The minimum atomic E-state index is -1.21. The first-order chi connectivity index (χ1) is 3.18. The van der Waals surface area contributed by atoms with Crippen molar-refractivity contribution in [3.05, 3.63) is 12.8 Å². The Hall–Kier alpha value is -1.03. The molecule has 0 atom stereocenters. The Morgan fingerprint density at radius 1 is 2.00 bits per heavy atom. The molecule has 0 aromatic heterocycles. The van der Waals surface area contributed by atoms with E-state index < -0.39 is 6.09 Å². The third-order valence-corrected chi connectivity index (χ3v) is 0.418. The van der Waals surface area contributed by atoms with E-state index in [0.29, 0.717) is 5.01 Å². The highest BCUT2D eigenvalue weighted by molar-refractivity contribution is 5.65. The van der Waals surface area contributed by atoms with Crippen LogP contribution in [0.4, 0.5) is 4.79 Å². The van der Waals surface area contributed by atoms with Gasteiger partial charge >= 0.3 is 6.09 Å². The minimum absolute atomic E-state index is 0.472. The molecule has 0 saturated carbocycles. The lowest BCUT2D eigenvalue weighted by molar-refractivity contribution is 0.163. The van der Waals surface area contributed by atoms with Crippen molar-refractivity contribution in [2.75, 3.05) is 0 Å². The summed E-state index contributed by atoms with van der Waals surface area (Å²) in [6, 6.07) is 0. The van der Waals surface area contributed by atoms with Gasteiger partial charge in [0, 0.05) is 6.20 Å². The van der Waals surface area contributed by atoms with Crippen LogP contribution in [0.5, 0.6) is 0 Å². The van der Waals surface area contributed by atoms with Crippen molar-refractivity contribution >= 4 is 6.09 Å². The van der Waals surface area contributed by atoms with Gasteiger partial charge in [0.1, 0.15) is 0 Å². The molecule has 0 aromatic rings. The topological polar surface area (TPSA) is 66.6 Å². The maximum absolute atomic E-state index is 9.66. The number of hydrogen-bond donors (Lipinski definition) is 2. The zero-order valence-electron chi connectivity index (χ0n) is 3.66. The summed E-state index contributed by atoms with van der Waals surface area (Å²) in [7, 11) is 0. The molecule has 0 rings (SSSR count). The fourth-order valence-electron chi connectivity index (χ4n) is 0.0781. The summed E-state index contributed by atoms with van der Waals surface area (Å²) in [5, 5.41) is 8.38. The third-order valence-electron chi connectivity index (χ3n) is 0.418. The zero-order chi connectivity index (χ0) is 5.86. The fourth-order valence-corrected chi connectivity index (χ4v) is 0.0781. The molecule has 0 aromatic carbocycles. The van der Waals surface area contributed by atoms with Crippen LogP contribution in [0, 0.1) is 0 Å². The molecule has 3 N–H and O–H groups in total. The number of hydrogen-bond acceptors (Lipinski definition) is 2. The molecule has 0 aliphatic rings. The molecule has 0 unspecified atom stereocenters. The molecule has 7 heavy (non-hydrogen) atoms. The highest BCUT2D eigenvalue weighted by Gasteiger charge is 1.96. The molecule has 0 saturated heterocycles. The van der Waals surface area contributed by atoms with E-state index in [1.807, 2.05) is 0 Å². The average molecular weight is 102 g/mol. The van der Waals surface area contributed by atoms with E-state index in [1.54, 1.807) is 0 Å². The average Bonchev–Trinajstić information content (AvgIpc) is 1.65. The third kappa shape index (κ3) is 1.77. The molecular formula is C3H6N2O2. The van der Waals surface area contributed by atoms with Gasteiger partial charge in [-0.3, -0.25) is 0 Å². The van der Waals surface area contributed by atoms with E-state index in [4.69, 9.17) is 10.9 Å². The summed E-state index contributed by atoms with van der Waals surface area (Å²) >= 11 is 0. The maximum Gasteiger partial charge on any atom is 0.425 e. The largest absolute Gasteiger partial charge is 0.464 e. The van der Waals surface area contributed by atoms with Gasteiger partial charge in [-0.05, 0) is 0 Å². The van der Waals surface area contributed by atoms with Crippen molar-refractivity contribution in [2.45, 2.75) is 0 Å². The maximum atomic E-state index is 9.66. The number of nitrogens with two attached hydrogens (primary N) is 1. The van der Waals surface area contributed by atoms with Crippen molar-refractivity contribution in [3.8, 4) is 0 Å². The fraction of sp³-hybridized carbons (Fsp3) is 0. The predicted molar refractivity (Wildman–Crippen MR) is 24.2 cm³/mol. The van der Waals surface area contributed by atoms with Crippen LogP contribution in [-0.2, 0) is 0 Å². The van der Waals surface area contributed by atoms with Gasteiger partial charge in [-0.15, -0.1) is 0 Å². The summed E-state index contributed by atoms with van der Waals surface area (Å²) < 4.78 is 0. The van der Waals surface area contributed by atoms with E-state index in [2.05, 4.69) is 6.58 Å². The number of hydrazine groups is 1. The van der Waals surface area contributed by atoms with Gasteiger partial charge < -0.3 is 5.11 Å². The Morgan fingerprint density at radius 3 is 2.43 bits per heavy atom. The molecule has 0 radical (unpaired) electrons. The smallest absolute Gasteiger partial charge is 0.425 e. The lowest BCUT2D eigenvalue weighted by Gasteiger charge is -2.01. The molecule has 40 valence electrons. The van der Waals surface area contributed by atoms with Crippen LogP contribution < -0.4 is 5.84 Å². The van der Waals surface area contributed by atoms with Crippen molar-refractivity contribution in [1.82, 2.24) is 5.01 Å². The monoisotopic (exact) mass is 102 g/mol. The molecule has 0 aliphatic heterocycles. The minimum Gasteiger partial charge on any atom is -0.464 e. The first-order valence-electron chi connectivity index (χ1n) is 1.58. The summed E-state index contributed by atoms with van der Waals surface area (Å²) in [5.74, 6) is 4.73. The molecule has 0 spiro atoms. The van der Waals surface area contributed by atoms with Gasteiger partial charge in [-0.25, -0.2) is 15.6 Å². The summed E-state index contributed by atoms with van der Waals surface area (Å²) in [4.78, 5) is 9.66. The number of rotatable bonds is 1. The Bertz CT molecular complexity index is 90.9. The Balaban J connectivity index is 3.55. The van der Waals surface area contributed by atoms with Crippen molar-refractivity contribution in [2.24, 2.45) is 5.84 Å². The molecule has 0 heterocycles. The van der Waals surface area contributed by atoms with Crippen LogP contribution in [0.3, 0.4) is 0 Å². The van der Waals surface area contributed by atoms with Crippen molar-refractivity contribution in [1.29, 1.82) is 0 Å². The highest BCUT2D eigenvalue weighted by Crippen LogP contribution is 1.74. The quantitative estimate of drug-likeness (QED) is 0.278. The first kappa shape index (κ1) is 5.97. The molecule has 0 aliphatic carbocycles. The van der Waals surface area contributed by atoms with Gasteiger partial charge in [0.05, 0.1) is 0 Å². The van der Waals surface area contributed by atoms with Gasteiger partial charge in [-0.1, -0.05) is 6.58 Å². The van der Waals surface area contributed by atoms with Crippen LogP contribution in [0.15, 0.2) is 12.8 Å². The van der Waals surface area contributed by atoms with Gasteiger partial charge in [0.15, 0.2) is 0 Å². The number of nitrogens with zero attached hydrogens (tertiary/aromatic N) is 1. The standard InChI is InChI=1S/C3H6N2O2/c1-2-5(4)3(6)7/h2H,1,4H2,(H,6,7). The van der Waals surface area contributed by atoms with Crippen LogP contribution in [-0.4, -0.2) is 16.2 Å². The van der Waals surface area contributed by atoms with E-state index >= 15 is 0 Å². The summed E-state index contributed by atoms with van der Waals surface area (Å²) in [6.07, 6.45) is -0.211. The Labute approximate surface area is 40.8 Å². The number of amides is 1. The molecule has 4 nitrogen and oxygen atoms in total. The second-order valence-corrected chi connectivity index (χ2v) is 0.872. The van der Waals surface area contributed by atoms with Gasteiger partial charge in [0.25, 0.3) is 0 Å². The molecular weight excluding hydrogens is 96.0 g/mol. The van der Waals surface area contributed by atoms with E-state index in [-0.39, 0.29) is 0 Å². The van der Waals surface area contributed by atoms with Gasteiger partial charge in [0.2, 0.25) is 0 Å². The van der Waals surface area contributed by atoms with Crippen molar-refractivity contribution in [3.63, 3.8) is 0 Å². The molecule has 0 bridgehead atoms. The SMILES string of the molecule is C=CN(N)C(=O)O. The molecule has 4 heteroatoms.